The first-order valence-electron chi connectivity index (χ1n) is 8.44. The van der Waals surface area contributed by atoms with Crippen LogP contribution < -0.4 is 10.2 Å². The third-order valence-corrected chi connectivity index (χ3v) is 5.39. The largest absolute Gasteiger partial charge is 0.369 e. The Hall–Kier alpha value is -1.46. The number of amides is 1. The normalized spacial score (nSPS) is 16.4. The highest BCUT2D eigenvalue weighted by molar-refractivity contribution is 6.36. The molecule has 138 valence electrons. The molecular weight excluding hydrogens is 393 g/mol. The third-order valence-electron chi connectivity index (χ3n) is 4.60. The van der Waals surface area contributed by atoms with Crippen LogP contribution in [0.3, 0.4) is 0 Å². The van der Waals surface area contributed by atoms with E-state index in [0.717, 1.165) is 36.9 Å². The Morgan fingerprint density at radius 1 is 1.00 bits per heavy atom. The van der Waals surface area contributed by atoms with Gasteiger partial charge in [0.2, 0.25) is 5.91 Å². The van der Waals surface area contributed by atoms with Crippen molar-refractivity contribution < 1.29 is 4.79 Å². The van der Waals surface area contributed by atoms with Crippen molar-refractivity contribution in [2.45, 2.75) is 13.0 Å². The Balaban J connectivity index is 1.57. The van der Waals surface area contributed by atoms with Crippen molar-refractivity contribution in [2.24, 2.45) is 0 Å². The lowest BCUT2D eigenvalue weighted by Gasteiger charge is -2.38. The number of nitrogens with one attached hydrogen (secondary N) is 1. The van der Waals surface area contributed by atoms with Gasteiger partial charge < -0.3 is 10.2 Å². The second-order valence-electron chi connectivity index (χ2n) is 6.29. The van der Waals surface area contributed by atoms with Crippen molar-refractivity contribution in [2.75, 3.05) is 36.4 Å². The van der Waals surface area contributed by atoms with Gasteiger partial charge in [0.15, 0.2) is 0 Å². The van der Waals surface area contributed by atoms with Crippen molar-refractivity contribution >= 4 is 52.1 Å². The maximum Gasteiger partial charge on any atom is 0.241 e. The van der Waals surface area contributed by atoms with E-state index in [9.17, 15) is 4.79 Å². The highest BCUT2D eigenvalue weighted by atomic mass is 35.5. The number of hydrogen-bond acceptors (Lipinski definition) is 3. The smallest absolute Gasteiger partial charge is 0.241 e. The standard InChI is InChI=1S/C19H20Cl3N3O/c1-13(19(26)23-18-6-5-15(21)12-17(18)22)24-7-9-25(10-8-24)16-4-2-3-14(20)11-16/h2-6,11-13H,7-10H2,1H3,(H,23,26)/t13-/m0/s1. The number of hydrogen-bond donors (Lipinski definition) is 1. The van der Waals surface area contributed by atoms with E-state index >= 15 is 0 Å². The second kappa shape index (κ2) is 8.49. The van der Waals surface area contributed by atoms with Gasteiger partial charge in [0.25, 0.3) is 0 Å². The third kappa shape index (κ3) is 4.63. The molecule has 3 rings (SSSR count). The zero-order valence-electron chi connectivity index (χ0n) is 14.4. The van der Waals surface area contributed by atoms with Gasteiger partial charge in [0, 0.05) is 41.9 Å². The van der Waals surface area contributed by atoms with Gasteiger partial charge in [-0.2, -0.15) is 0 Å². The van der Waals surface area contributed by atoms with E-state index < -0.39 is 0 Å². The first-order valence-corrected chi connectivity index (χ1v) is 9.58. The molecule has 7 heteroatoms. The molecule has 1 atom stereocenters. The average molecular weight is 413 g/mol. The first kappa shape index (κ1) is 19.3. The Labute approximate surface area is 168 Å². The topological polar surface area (TPSA) is 35.6 Å². The number of carbonyl (C=O) groups excluding carboxylic acids is 1. The van der Waals surface area contributed by atoms with Gasteiger partial charge in [-0.05, 0) is 43.3 Å². The molecule has 1 fully saturated rings. The van der Waals surface area contributed by atoms with Crippen LogP contribution in [0.5, 0.6) is 0 Å². The van der Waals surface area contributed by atoms with Crippen LogP contribution in [0, 0.1) is 0 Å². The summed E-state index contributed by atoms with van der Waals surface area (Å²) >= 11 is 18.1. The second-order valence-corrected chi connectivity index (χ2v) is 7.57. The van der Waals surface area contributed by atoms with Crippen LogP contribution in [0.25, 0.3) is 0 Å². The lowest BCUT2D eigenvalue weighted by atomic mass is 10.2. The van der Waals surface area contributed by atoms with E-state index in [-0.39, 0.29) is 11.9 Å². The van der Waals surface area contributed by atoms with E-state index in [1.165, 1.54) is 0 Å². The summed E-state index contributed by atoms with van der Waals surface area (Å²) < 4.78 is 0. The Kier molecular flexibility index (Phi) is 6.30. The summed E-state index contributed by atoms with van der Waals surface area (Å²) in [6.07, 6.45) is 0. The Bertz CT molecular complexity index is 791. The van der Waals surface area contributed by atoms with E-state index in [4.69, 9.17) is 34.8 Å². The number of piperazine rings is 1. The minimum atomic E-state index is -0.247. The lowest BCUT2D eigenvalue weighted by Crippen LogP contribution is -2.52. The number of anilines is 2. The zero-order valence-corrected chi connectivity index (χ0v) is 16.7. The molecule has 0 aliphatic carbocycles. The summed E-state index contributed by atoms with van der Waals surface area (Å²) in [5.41, 5.74) is 1.69. The molecule has 4 nitrogen and oxygen atoms in total. The van der Waals surface area contributed by atoms with E-state index in [1.54, 1.807) is 18.2 Å². The van der Waals surface area contributed by atoms with Crippen molar-refractivity contribution in [3.63, 3.8) is 0 Å². The van der Waals surface area contributed by atoms with Crippen LogP contribution in [-0.2, 0) is 4.79 Å². The summed E-state index contributed by atoms with van der Waals surface area (Å²) in [6, 6.07) is 12.6. The average Bonchev–Trinajstić information content (AvgIpc) is 2.63. The van der Waals surface area contributed by atoms with Crippen molar-refractivity contribution in [1.29, 1.82) is 0 Å². The van der Waals surface area contributed by atoms with Gasteiger partial charge in [-0.25, -0.2) is 0 Å². The van der Waals surface area contributed by atoms with Gasteiger partial charge in [0.05, 0.1) is 16.8 Å². The van der Waals surface area contributed by atoms with Crippen LogP contribution >= 0.6 is 34.8 Å². The molecule has 1 N–H and O–H groups in total. The van der Waals surface area contributed by atoms with Crippen LogP contribution in [0.15, 0.2) is 42.5 Å². The van der Waals surface area contributed by atoms with Gasteiger partial charge in [-0.3, -0.25) is 9.69 Å². The molecular formula is C19H20Cl3N3O. The maximum atomic E-state index is 12.6. The lowest BCUT2D eigenvalue weighted by molar-refractivity contribution is -0.120. The molecule has 1 aliphatic rings. The zero-order chi connectivity index (χ0) is 18.7. The first-order chi connectivity index (χ1) is 12.4. The number of nitrogens with zero attached hydrogens (tertiary/aromatic N) is 2. The minimum absolute atomic E-state index is 0.0783. The van der Waals surface area contributed by atoms with E-state index in [0.29, 0.717) is 15.7 Å². The van der Waals surface area contributed by atoms with Crippen LogP contribution in [0.1, 0.15) is 6.92 Å². The maximum absolute atomic E-state index is 12.6. The quantitative estimate of drug-likeness (QED) is 0.784. The summed E-state index contributed by atoms with van der Waals surface area (Å²) in [7, 11) is 0. The van der Waals surface area contributed by atoms with Gasteiger partial charge in [-0.15, -0.1) is 0 Å². The molecule has 2 aromatic rings. The van der Waals surface area contributed by atoms with Crippen molar-refractivity contribution in [3.05, 3.63) is 57.5 Å². The van der Waals surface area contributed by atoms with Gasteiger partial charge in [0.1, 0.15) is 0 Å². The fourth-order valence-electron chi connectivity index (χ4n) is 3.03. The number of benzene rings is 2. The number of rotatable bonds is 4. The fourth-order valence-corrected chi connectivity index (χ4v) is 3.67. The molecule has 0 saturated carbocycles. The molecule has 26 heavy (non-hydrogen) atoms. The molecule has 1 amide bonds. The van der Waals surface area contributed by atoms with Crippen molar-refractivity contribution in [1.82, 2.24) is 4.90 Å². The number of halogens is 3. The van der Waals surface area contributed by atoms with E-state index in [1.807, 2.05) is 25.1 Å². The van der Waals surface area contributed by atoms with Crippen LogP contribution in [0.4, 0.5) is 11.4 Å². The molecule has 1 saturated heterocycles. The fraction of sp³-hybridized carbons (Fsp3) is 0.316. The van der Waals surface area contributed by atoms with Gasteiger partial charge >= 0.3 is 0 Å². The highest BCUT2D eigenvalue weighted by Crippen LogP contribution is 2.26. The predicted octanol–water partition coefficient (Wildman–Crippen LogP) is 4.80. The van der Waals surface area contributed by atoms with E-state index in [2.05, 4.69) is 21.2 Å². The predicted molar refractivity (Wildman–Crippen MR) is 110 cm³/mol. The molecule has 0 spiro atoms. The van der Waals surface area contributed by atoms with Crippen molar-refractivity contribution in [3.8, 4) is 0 Å². The van der Waals surface area contributed by atoms with Gasteiger partial charge in [-0.1, -0.05) is 40.9 Å². The molecule has 0 bridgehead atoms. The summed E-state index contributed by atoms with van der Waals surface area (Å²) in [5.74, 6) is -0.0783. The number of carbonyl (C=O) groups is 1. The Morgan fingerprint density at radius 3 is 2.35 bits per heavy atom. The summed E-state index contributed by atoms with van der Waals surface area (Å²) in [4.78, 5) is 17.0. The Morgan fingerprint density at radius 2 is 1.69 bits per heavy atom. The summed E-state index contributed by atoms with van der Waals surface area (Å²) in [5, 5.41) is 4.59. The monoisotopic (exact) mass is 411 g/mol. The molecule has 1 heterocycles. The molecule has 0 aromatic heterocycles. The summed E-state index contributed by atoms with van der Waals surface area (Å²) in [6.45, 7) is 5.21. The molecule has 0 unspecified atom stereocenters. The highest BCUT2D eigenvalue weighted by Gasteiger charge is 2.26. The van der Waals surface area contributed by atoms with Crippen LogP contribution in [0.2, 0.25) is 15.1 Å². The SMILES string of the molecule is C[C@@H](C(=O)Nc1ccc(Cl)cc1Cl)N1CCN(c2cccc(Cl)c2)CC1. The molecule has 1 aliphatic heterocycles. The minimum Gasteiger partial charge on any atom is -0.369 e. The molecule has 0 radical (unpaired) electrons. The molecule has 2 aromatic carbocycles. The van der Waals surface area contributed by atoms with Crippen LogP contribution in [-0.4, -0.2) is 43.0 Å².